The Bertz CT molecular complexity index is 222. The average molecular weight is 172 g/mol. The molecule has 1 aromatic heterocycles. The largest absolute Gasteiger partial charge is 0.331 e. The first-order valence-corrected chi connectivity index (χ1v) is 3.83. The number of amides is 2. The molecule has 0 radical (unpaired) electrons. The quantitative estimate of drug-likeness (QED) is 0.329. The Balaban J connectivity index is 2.29. The van der Waals surface area contributed by atoms with Gasteiger partial charge in [0.25, 0.3) is 0 Å². The number of rotatable bonds is 2. The van der Waals surface area contributed by atoms with Crippen LogP contribution in [0.5, 0.6) is 0 Å². The van der Waals surface area contributed by atoms with Gasteiger partial charge >= 0.3 is 6.03 Å². The second-order valence-corrected chi connectivity index (χ2v) is 2.73. The highest BCUT2D eigenvalue weighted by atomic mass is 32.1. The van der Waals surface area contributed by atoms with Crippen LogP contribution in [0.1, 0.15) is 5.01 Å². The van der Waals surface area contributed by atoms with Crippen LogP contribution < -0.4 is 16.6 Å². The molecule has 0 aliphatic heterocycles. The summed E-state index contributed by atoms with van der Waals surface area (Å²) in [5.74, 6) is 4.83. The number of carbonyl (C=O) groups excluding carboxylic acids is 1. The molecule has 5 nitrogen and oxygen atoms in total. The summed E-state index contributed by atoms with van der Waals surface area (Å²) in [6.07, 6.45) is 1.68. The third kappa shape index (κ3) is 2.52. The fourth-order valence-electron chi connectivity index (χ4n) is 0.547. The van der Waals surface area contributed by atoms with Gasteiger partial charge in [-0.3, -0.25) is 5.43 Å². The number of nitrogens with two attached hydrogens (primary N) is 1. The van der Waals surface area contributed by atoms with Crippen molar-refractivity contribution in [3.8, 4) is 0 Å². The second-order valence-electron chi connectivity index (χ2n) is 1.75. The Labute approximate surface area is 67.6 Å². The third-order valence-corrected chi connectivity index (χ3v) is 1.79. The lowest BCUT2D eigenvalue weighted by molar-refractivity contribution is 0.241. The van der Waals surface area contributed by atoms with Crippen LogP contribution in [0.4, 0.5) is 4.79 Å². The number of nitrogens with one attached hydrogen (secondary N) is 2. The van der Waals surface area contributed by atoms with Gasteiger partial charge in [0.05, 0.1) is 6.54 Å². The van der Waals surface area contributed by atoms with E-state index >= 15 is 0 Å². The second kappa shape index (κ2) is 3.89. The normalized spacial score (nSPS) is 9.18. The molecule has 0 atom stereocenters. The van der Waals surface area contributed by atoms with E-state index in [1.54, 1.807) is 6.20 Å². The van der Waals surface area contributed by atoms with E-state index in [4.69, 9.17) is 5.84 Å². The number of urea groups is 1. The first kappa shape index (κ1) is 7.96. The van der Waals surface area contributed by atoms with E-state index in [2.05, 4.69) is 10.3 Å². The molecule has 60 valence electrons. The highest BCUT2D eigenvalue weighted by molar-refractivity contribution is 7.09. The Hall–Kier alpha value is -1.14. The van der Waals surface area contributed by atoms with Crippen molar-refractivity contribution < 1.29 is 4.79 Å². The van der Waals surface area contributed by atoms with Gasteiger partial charge in [0, 0.05) is 11.6 Å². The zero-order valence-electron chi connectivity index (χ0n) is 5.70. The first-order valence-electron chi connectivity index (χ1n) is 2.95. The Kier molecular flexibility index (Phi) is 2.82. The maximum absolute atomic E-state index is 10.5. The van der Waals surface area contributed by atoms with Gasteiger partial charge in [0.1, 0.15) is 5.01 Å². The fraction of sp³-hybridized carbons (Fsp3) is 0.200. The zero-order chi connectivity index (χ0) is 8.10. The van der Waals surface area contributed by atoms with Gasteiger partial charge in [-0.05, 0) is 0 Å². The molecule has 1 aromatic rings. The SMILES string of the molecule is NNC(=O)NCc1nccs1. The predicted molar refractivity (Wildman–Crippen MR) is 41.7 cm³/mol. The van der Waals surface area contributed by atoms with E-state index in [9.17, 15) is 4.79 Å². The molecule has 1 heterocycles. The van der Waals surface area contributed by atoms with Crippen molar-refractivity contribution in [1.82, 2.24) is 15.7 Å². The molecular formula is C5H8N4OS. The molecule has 6 heteroatoms. The van der Waals surface area contributed by atoms with Crippen molar-refractivity contribution in [3.05, 3.63) is 16.6 Å². The molecule has 1 rings (SSSR count). The van der Waals surface area contributed by atoms with Crippen molar-refractivity contribution in [2.45, 2.75) is 6.54 Å². The van der Waals surface area contributed by atoms with Crippen molar-refractivity contribution in [2.24, 2.45) is 5.84 Å². The lowest BCUT2D eigenvalue weighted by atomic mass is 10.7. The minimum Gasteiger partial charge on any atom is -0.331 e. The summed E-state index contributed by atoms with van der Waals surface area (Å²) < 4.78 is 0. The molecule has 0 saturated carbocycles. The molecule has 0 unspecified atom stereocenters. The van der Waals surface area contributed by atoms with Crippen LogP contribution >= 0.6 is 11.3 Å². The van der Waals surface area contributed by atoms with E-state index in [-0.39, 0.29) is 0 Å². The summed E-state index contributed by atoms with van der Waals surface area (Å²) in [6.45, 7) is 0.417. The summed E-state index contributed by atoms with van der Waals surface area (Å²) in [5.41, 5.74) is 1.95. The topological polar surface area (TPSA) is 80.0 Å². The van der Waals surface area contributed by atoms with Crippen LogP contribution in [-0.2, 0) is 6.54 Å². The van der Waals surface area contributed by atoms with Crippen LogP contribution in [0.2, 0.25) is 0 Å². The Morgan fingerprint density at radius 3 is 3.18 bits per heavy atom. The Morgan fingerprint density at radius 2 is 2.64 bits per heavy atom. The summed E-state index contributed by atoms with van der Waals surface area (Å²) in [4.78, 5) is 14.5. The van der Waals surface area contributed by atoms with Gasteiger partial charge in [0.2, 0.25) is 0 Å². The van der Waals surface area contributed by atoms with Gasteiger partial charge in [-0.15, -0.1) is 11.3 Å². The fourth-order valence-corrected chi connectivity index (χ4v) is 1.10. The van der Waals surface area contributed by atoms with Crippen LogP contribution in [-0.4, -0.2) is 11.0 Å². The lowest BCUT2D eigenvalue weighted by Crippen LogP contribution is -2.39. The number of aromatic nitrogens is 1. The molecule has 0 bridgehead atoms. The highest BCUT2D eigenvalue weighted by Crippen LogP contribution is 2.01. The van der Waals surface area contributed by atoms with Gasteiger partial charge in [-0.1, -0.05) is 0 Å². The minimum absolute atomic E-state index is 0.403. The Morgan fingerprint density at radius 1 is 1.82 bits per heavy atom. The first-order chi connectivity index (χ1) is 5.33. The van der Waals surface area contributed by atoms with Gasteiger partial charge in [0.15, 0.2) is 0 Å². The average Bonchev–Trinajstić information content (AvgIpc) is 2.52. The summed E-state index contributed by atoms with van der Waals surface area (Å²) in [5, 5.41) is 5.21. The molecule has 11 heavy (non-hydrogen) atoms. The molecule has 0 spiro atoms. The lowest BCUT2D eigenvalue weighted by Gasteiger charge is -1.99. The van der Waals surface area contributed by atoms with E-state index in [1.165, 1.54) is 11.3 Å². The van der Waals surface area contributed by atoms with E-state index in [0.29, 0.717) is 6.54 Å². The molecule has 0 aromatic carbocycles. The van der Waals surface area contributed by atoms with Crippen molar-refractivity contribution >= 4 is 17.4 Å². The van der Waals surface area contributed by atoms with Crippen molar-refractivity contribution in [3.63, 3.8) is 0 Å². The predicted octanol–water partition coefficient (Wildman–Crippen LogP) is -0.184. The van der Waals surface area contributed by atoms with Gasteiger partial charge in [-0.2, -0.15) is 0 Å². The summed E-state index contributed by atoms with van der Waals surface area (Å²) in [7, 11) is 0. The van der Waals surface area contributed by atoms with E-state index in [1.807, 2.05) is 10.8 Å². The molecule has 2 amide bonds. The van der Waals surface area contributed by atoms with E-state index in [0.717, 1.165) is 5.01 Å². The van der Waals surface area contributed by atoms with Crippen molar-refractivity contribution in [1.29, 1.82) is 0 Å². The van der Waals surface area contributed by atoms with Crippen molar-refractivity contribution in [2.75, 3.05) is 0 Å². The monoisotopic (exact) mass is 172 g/mol. The molecule has 0 fully saturated rings. The number of hydrogen-bond acceptors (Lipinski definition) is 4. The highest BCUT2D eigenvalue weighted by Gasteiger charge is 1.97. The molecule has 0 aliphatic carbocycles. The van der Waals surface area contributed by atoms with Gasteiger partial charge < -0.3 is 5.32 Å². The number of hydrogen-bond donors (Lipinski definition) is 3. The standard InChI is InChI=1S/C5H8N4OS/c6-9-5(10)8-3-4-7-1-2-11-4/h1-2H,3,6H2,(H2,8,9,10). The van der Waals surface area contributed by atoms with Crippen LogP contribution in [0, 0.1) is 0 Å². The minimum atomic E-state index is -0.403. The maximum atomic E-state index is 10.5. The smallest absolute Gasteiger partial charge is 0.329 e. The number of thiazole rings is 1. The molecule has 0 aliphatic rings. The molecule has 4 N–H and O–H groups in total. The summed E-state index contributed by atoms with van der Waals surface area (Å²) in [6, 6.07) is -0.403. The molecule has 0 saturated heterocycles. The zero-order valence-corrected chi connectivity index (χ0v) is 6.52. The van der Waals surface area contributed by atoms with Crippen LogP contribution in [0.3, 0.4) is 0 Å². The number of carbonyl (C=O) groups is 1. The van der Waals surface area contributed by atoms with Gasteiger partial charge in [-0.25, -0.2) is 15.6 Å². The maximum Gasteiger partial charge on any atom is 0.329 e. The number of hydrazine groups is 1. The van der Waals surface area contributed by atoms with E-state index < -0.39 is 6.03 Å². The third-order valence-electron chi connectivity index (χ3n) is 1.01. The number of nitrogens with zero attached hydrogens (tertiary/aromatic N) is 1. The van der Waals surface area contributed by atoms with Crippen LogP contribution in [0.15, 0.2) is 11.6 Å². The molecular weight excluding hydrogens is 164 g/mol. The summed E-state index contributed by atoms with van der Waals surface area (Å²) >= 11 is 1.48. The van der Waals surface area contributed by atoms with Crippen LogP contribution in [0.25, 0.3) is 0 Å².